The van der Waals surface area contributed by atoms with Crippen LogP contribution in [0.15, 0.2) is 35.4 Å². The number of para-hydroxylation sites is 1. The summed E-state index contributed by atoms with van der Waals surface area (Å²) in [5.74, 6) is -0.428. The van der Waals surface area contributed by atoms with E-state index in [1.807, 2.05) is 19.1 Å². The molecule has 0 radical (unpaired) electrons. The third-order valence-corrected chi connectivity index (χ3v) is 7.88. The predicted molar refractivity (Wildman–Crippen MR) is 128 cm³/mol. The number of rotatable bonds is 8. The molecule has 31 heavy (non-hydrogen) atoms. The van der Waals surface area contributed by atoms with Crippen LogP contribution >= 0.6 is 23.1 Å². The molecular formula is C24H28N2O3S2. The van der Waals surface area contributed by atoms with Gasteiger partial charge in [0.25, 0.3) is 0 Å². The third kappa shape index (κ3) is 4.39. The summed E-state index contributed by atoms with van der Waals surface area (Å²) in [7, 11) is 0. The van der Waals surface area contributed by atoms with Crippen molar-refractivity contribution in [1.82, 2.24) is 4.57 Å². The molecule has 1 aliphatic carbocycles. The number of anilines is 1. The van der Waals surface area contributed by atoms with E-state index < -0.39 is 0 Å². The Morgan fingerprint density at radius 1 is 1.26 bits per heavy atom. The van der Waals surface area contributed by atoms with Crippen LogP contribution in [-0.4, -0.2) is 28.3 Å². The van der Waals surface area contributed by atoms with Crippen LogP contribution in [0.1, 0.15) is 54.4 Å². The Bertz CT molecular complexity index is 1120. The van der Waals surface area contributed by atoms with Gasteiger partial charge in [-0.3, -0.25) is 4.79 Å². The maximum absolute atomic E-state index is 13.1. The van der Waals surface area contributed by atoms with E-state index in [1.165, 1.54) is 27.1 Å². The summed E-state index contributed by atoms with van der Waals surface area (Å²) in [6.45, 7) is 7.15. The van der Waals surface area contributed by atoms with Crippen molar-refractivity contribution in [2.75, 3.05) is 11.9 Å². The number of carbonyl (C=O) groups is 2. The number of hydrogen-bond acceptors (Lipinski definition) is 5. The molecule has 1 aliphatic rings. The van der Waals surface area contributed by atoms with Crippen molar-refractivity contribution < 1.29 is 14.3 Å². The lowest BCUT2D eigenvalue weighted by molar-refractivity contribution is -0.115. The van der Waals surface area contributed by atoms with Crippen molar-refractivity contribution in [3.8, 4) is 0 Å². The summed E-state index contributed by atoms with van der Waals surface area (Å²) in [4.78, 5) is 27.9. The zero-order valence-electron chi connectivity index (χ0n) is 18.2. The molecule has 0 aliphatic heterocycles. The fourth-order valence-electron chi connectivity index (χ4n) is 4.10. The zero-order valence-corrected chi connectivity index (χ0v) is 19.8. The second kappa shape index (κ2) is 9.49. The lowest BCUT2D eigenvalue weighted by atomic mass is 10.1. The minimum absolute atomic E-state index is 0.0946. The van der Waals surface area contributed by atoms with E-state index in [1.54, 1.807) is 18.7 Å². The maximum atomic E-state index is 13.1. The van der Waals surface area contributed by atoms with Crippen molar-refractivity contribution in [1.29, 1.82) is 0 Å². The number of aryl methyl sites for hydroxylation is 2. The van der Waals surface area contributed by atoms with Gasteiger partial charge in [0, 0.05) is 33.4 Å². The summed E-state index contributed by atoms with van der Waals surface area (Å²) in [6, 6.07) is 8.31. The molecular weight excluding hydrogens is 428 g/mol. The average molecular weight is 457 g/mol. The van der Waals surface area contributed by atoms with Crippen molar-refractivity contribution in [2.45, 2.75) is 63.1 Å². The van der Waals surface area contributed by atoms with Crippen LogP contribution in [-0.2, 0) is 28.9 Å². The summed E-state index contributed by atoms with van der Waals surface area (Å²) in [6.07, 6.45) is 6.08. The van der Waals surface area contributed by atoms with Crippen LogP contribution in [0.3, 0.4) is 0 Å². The average Bonchev–Trinajstić information content (AvgIpc) is 3.42. The number of esters is 1. The number of nitrogens with one attached hydrogen (secondary N) is 1. The highest BCUT2D eigenvalue weighted by molar-refractivity contribution is 8.00. The number of nitrogens with zero attached hydrogens (tertiary/aromatic N) is 1. The van der Waals surface area contributed by atoms with Gasteiger partial charge in [0.1, 0.15) is 5.00 Å². The number of benzene rings is 1. The van der Waals surface area contributed by atoms with Crippen LogP contribution < -0.4 is 5.32 Å². The third-order valence-electron chi connectivity index (χ3n) is 5.53. The van der Waals surface area contributed by atoms with E-state index in [0.29, 0.717) is 17.2 Å². The zero-order chi connectivity index (χ0) is 22.0. The summed E-state index contributed by atoms with van der Waals surface area (Å²) < 4.78 is 7.53. The Hall–Kier alpha value is -2.25. The molecule has 7 heteroatoms. The first-order chi connectivity index (χ1) is 15.0. The van der Waals surface area contributed by atoms with Gasteiger partial charge in [0.15, 0.2) is 0 Å². The first kappa shape index (κ1) is 22.0. The molecule has 1 N–H and O–H groups in total. The first-order valence-electron chi connectivity index (χ1n) is 10.9. The van der Waals surface area contributed by atoms with Crippen LogP contribution in [0, 0.1) is 0 Å². The largest absolute Gasteiger partial charge is 0.462 e. The number of ether oxygens (including phenoxy) is 1. The first-order valence-corrected chi connectivity index (χ1v) is 12.6. The van der Waals surface area contributed by atoms with Crippen LogP contribution in [0.2, 0.25) is 0 Å². The number of thioether (sulfide) groups is 1. The molecule has 3 aromatic rings. The van der Waals surface area contributed by atoms with Gasteiger partial charge < -0.3 is 14.6 Å². The fraction of sp³-hybridized carbons (Fsp3) is 0.417. The second-order valence-electron chi connectivity index (χ2n) is 7.74. The molecule has 1 amide bonds. The highest BCUT2D eigenvalue weighted by Crippen LogP contribution is 2.40. The van der Waals surface area contributed by atoms with Gasteiger partial charge in [-0.2, -0.15) is 0 Å². The molecule has 0 saturated carbocycles. The summed E-state index contributed by atoms with van der Waals surface area (Å²) in [5.41, 5.74) is 2.81. The fourth-order valence-corrected chi connectivity index (χ4v) is 6.42. The minimum atomic E-state index is -0.333. The van der Waals surface area contributed by atoms with E-state index >= 15 is 0 Å². The van der Waals surface area contributed by atoms with E-state index in [4.69, 9.17) is 4.74 Å². The van der Waals surface area contributed by atoms with Gasteiger partial charge in [0.05, 0.1) is 17.4 Å². The lowest BCUT2D eigenvalue weighted by Gasteiger charge is -2.12. The monoisotopic (exact) mass is 456 g/mol. The van der Waals surface area contributed by atoms with Gasteiger partial charge in [0.2, 0.25) is 5.91 Å². The molecule has 164 valence electrons. The molecule has 2 aromatic heterocycles. The van der Waals surface area contributed by atoms with Gasteiger partial charge in [-0.25, -0.2) is 4.79 Å². The number of hydrogen-bond donors (Lipinski definition) is 1. The number of fused-ring (bicyclic) bond motifs is 2. The molecule has 0 fully saturated rings. The van der Waals surface area contributed by atoms with Gasteiger partial charge in [-0.1, -0.05) is 25.1 Å². The van der Waals surface area contributed by atoms with E-state index in [0.717, 1.165) is 42.7 Å². The maximum Gasteiger partial charge on any atom is 0.341 e. The minimum Gasteiger partial charge on any atom is -0.462 e. The van der Waals surface area contributed by atoms with Crippen molar-refractivity contribution in [3.05, 3.63) is 46.5 Å². The number of thiophene rings is 1. The van der Waals surface area contributed by atoms with E-state index in [-0.39, 0.29) is 17.1 Å². The molecule has 5 nitrogen and oxygen atoms in total. The molecule has 0 spiro atoms. The molecule has 1 aromatic carbocycles. The van der Waals surface area contributed by atoms with Gasteiger partial charge in [-0.05, 0) is 51.2 Å². The van der Waals surface area contributed by atoms with Crippen LogP contribution in [0.5, 0.6) is 0 Å². The van der Waals surface area contributed by atoms with E-state index in [9.17, 15) is 9.59 Å². The molecule has 2 heterocycles. The Kier molecular flexibility index (Phi) is 6.72. The Morgan fingerprint density at radius 2 is 2.06 bits per heavy atom. The normalized spacial score (nSPS) is 13.9. The number of aromatic nitrogens is 1. The van der Waals surface area contributed by atoms with Crippen molar-refractivity contribution >= 4 is 50.9 Å². The number of amides is 1. The quantitative estimate of drug-likeness (QED) is 0.339. The Labute approximate surface area is 191 Å². The van der Waals surface area contributed by atoms with Crippen LogP contribution in [0.25, 0.3) is 10.9 Å². The molecule has 0 bridgehead atoms. The lowest BCUT2D eigenvalue weighted by Crippen LogP contribution is -2.23. The molecule has 0 saturated heterocycles. The predicted octanol–water partition coefficient (Wildman–Crippen LogP) is 5.90. The van der Waals surface area contributed by atoms with Crippen molar-refractivity contribution in [2.24, 2.45) is 0 Å². The topological polar surface area (TPSA) is 60.3 Å². The number of carbonyl (C=O) groups excluding carboxylic acids is 2. The van der Waals surface area contributed by atoms with Gasteiger partial charge in [-0.15, -0.1) is 23.1 Å². The standard InChI is InChI=1S/C24H28N2O3S2/c1-4-13-26-14-20(16-9-6-7-11-18(16)26)30-15(3)22(27)25-23-21(24(28)29-5-2)17-10-8-12-19(17)31-23/h6-7,9,11,14-15H,4-5,8,10,12-13H2,1-3H3,(H,25,27)/t15-/m0/s1. The summed E-state index contributed by atoms with van der Waals surface area (Å²) in [5, 5.41) is 4.53. The smallest absolute Gasteiger partial charge is 0.341 e. The second-order valence-corrected chi connectivity index (χ2v) is 10.2. The SMILES string of the molecule is CCCn1cc(S[C@@H](C)C(=O)Nc2sc3c(c2C(=O)OCC)CCC3)c2ccccc21. The molecule has 4 rings (SSSR count). The molecule has 0 unspecified atom stereocenters. The van der Waals surface area contributed by atoms with E-state index in [2.05, 4.69) is 35.1 Å². The highest BCUT2D eigenvalue weighted by Gasteiger charge is 2.29. The Balaban J connectivity index is 1.54. The van der Waals surface area contributed by atoms with Crippen LogP contribution in [0.4, 0.5) is 5.00 Å². The summed E-state index contributed by atoms with van der Waals surface area (Å²) >= 11 is 3.08. The van der Waals surface area contributed by atoms with Gasteiger partial charge >= 0.3 is 5.97 Å². The van der Waals surface area contributed by atoms with Crippen molar-refractivity contribution in [3.63, 3.8) is 0 Å². The molecule has 1 atom stereocenters. The highest BCUT2D eigenvalue weighted by atomic mass is 32.2. The Morgan fingerprint density at radius 3 is 2.84 bits per heavy atom.